The van der Waals surface area contributed by atoms with Crippen LogP contribution >= 0.6 is 0 Å². The van der Waals surface area contributed by atoms with Gasteiger partial charge >= 0.3 is 0 Å². The summed E-state index contributed by atoms with van der Waals surface area (Å²) in [6.45, 7) is 6.41. The zero-order valence-corrected chi connectivity index (χ0v) is 14.0. The summed E-state index contributed by atoms with van der Waals surface area (Å²) in [5, 5.41) is 2.91. The van der Waals surface area contributed by atoms with Gasteiger partial charge in [-0.2, -0.15) is 0 Å². The fourth-order valence-corrected chi connectivity index (χ4v) is 2.43. The Balaban J connectivity index is 2.13. The Labute approximate surface area is 135 Å². The highest BCUT2D eigenvalue weighted by molar-refractivity contribution is 5.95. The Morgan fingerprint density at radius 3 is 2.57 bits per heavy atom. The van der Waals surface area contributed by atoms with Crippen LogP contribution in [0.5, 0.6) is 0 Å². The number of likely N-dealkylation sites (N-methyl/N-ethyl adjacent to an activating group) is 1. The number of para-hydroxylation sites is 1. The summed E-state index contributed by atoms with van der Waals surface area (Å²) in [5.74, 6) is 0.0870. The second-order valence-corrected chi connectivity index (χ2v) is 5.51. The first-order valence-electron chi connectivity index (χ1n) is 7.56. The molecule has 1 N–H and O–H groups in total. The summed E-state index contributed by atoms with van der Waals surface area (Å²) in [6.07, 6.45) is 3.20. The summed E-state index contributed by atoms with van der Waals surface area (Å²) >= 11 is 0. The Hall–Kier alpha value is -2.63. The lowest BCUT2D eigenvalue weighted by molar-refractivity contribution is -0.114. The first-order chi connectivity index (χ1) is 10.9. The third kappa shape index (κ3) is 3.77. The quantitative estimate of drug-likeness (QED) is 0.916. The lowest BCUT2D eigenvalue weighted by Crippen LogP contribution is -2.36. The fraction of sp³-hybridized carbons (Fsp3) is 0.353. The number of carbonyl (C=O) groups is 1. The van der Waals surface area contributed by atoms with Crippen molar-refractivity contribution in [2.24, 2.45) is 0 Å². The van der Waals surface area contributed by atoms with E-state index in [-0.39, 0.29) is 23.8 Å². The van der Waals surface area contributed by atoms with Crippen LogP contribution in [-0.4, -0.2) is 29.1 Å². The topological polar surface area (TPSA) is 67.2 Å². The molecule has 1 amide bonds. The highest BCUT2D eigenvalue weighted by atomic mass is 16.2. The van der Waals surface area contributed by atoms with E-state index in [2.05, 4.69) is 10.3 Å². The maximum absolute atomic E-state index is 12.3. The SMILES string of the molecule is CCn1ccnc(N(C)CC(=O)Nc2c(C)cccc2C)c1=O. The molecule has 1 aromatic heterocycles. The van der Waals surface area contributed by atoms with Crippen molar-refractivity contribution in [2.45, 2.75) is 27.3 Å². The van der Waals surface area contributed by atoms with Gasteiger partial charge in [-0.3, -0.25) is 9.59 Å². The number of carbonyl (C=O) groups excluding carboxylic acids is 1. The average molecular weight is 314 g/mol. The van der Waals surface area contributed by atoms with Crippen molar-refractivity contribution in [3.63, 3.8) is 0 Å². The largest absolute Gasteiger partial charge is 0.346 e. The van der Waals surface area contributed by atoms with E-state index in [9.17, 15) is 9.59 Å². The molecule has 0 radical (unpaired) electrons. The van der Waals surface area contributed by atoms with Crippen LogP contribution in [0.1, 0.15) is 18.1 Å². The van der Waals surface area contributed by atoms with Gasteiger partial charge in [0.15, 0.2) is 5.82 Å². The van der Waals surface area contributed by atoms with Crippen molar-refractivity contribution in [2.75, 3.05) is 23.8 Å². The molecule has 1 heterocycles. The van der Waals surface area contributed by atoms with Gasteiger partial charge in [-0.05, 0) is 31.9 Å². The minimum Gasteiger partial charge on any atom is -0.346 e. The van der Waals surface area contributed by atoms with Gasteiger partial charge in [-0.15, -0.1) is 0 Å². The molecule has 0 unspecified atom stereocenters. The molecule has 0 fully saturated rings. The second kappa shape index (κ2) is 7.09. The van der Waals surface area contributed by atoms with Crippen molar-refractivity contribution >= 4 is 17.4 Å². The number of aromatic nitrogens is 2. The molecule has 2 rings (SSSR count). The number of amides is 1. The van der Waals surface area contributed by atoms with Gasteiger partial charge in [0.1, 0.15) is 0 Å². The zero-order valence-electron chi connectivity index (χ0n) is 14.0. The number of benzene rings is 1. The molecule has 23 heavy (non-hydrogen) atoms. The zero-order chi connectivity index (χ0) is 17.0. The average Bonchev–Trinajstić information content (AvgIpc) is 2.51. The van der Waals surface area contributed by atoms with E-state index >= 15 is 0 Å². The number of hydrogen-bond acceptors (Lipinski definition) is 4. The van der Waals surface area contributed by atoms with E-state index in [1.807, 2.05) is 39.0 Å². The molecule has 0 saturated carbocycles. The molecule has 0 spiro atoms. The third-order valence-corrected chi connectivity index (χ3v) is 3.72. The number of nitrogens with zero attached hydrogens (tertiary/aromatic N) is 3. The van der Waals surface area contributed by atoms with Crippen molar-refractivity contribution in [1.29, 1.82) is 0 Å². The monoisotopic (exact) mass is 314 g/mol. The fourth-order valence-electron chi connectivity index (χ4n) is 2.43. The Morgan fingerprint density at radius 2 is 1.96 bits per heavy atom. The van der Waals surface area contributed by atoms with Crippen LogP contribution in [0.25, 0.3) is 0 Å². The normalized spacial score (nSPS) is 10.4. The van der Waals surface area contributed by atoms with Crippen LogP contribution in [0.2, 0.25) is 0 Å². The molecule has 0 bridgehead atoms. The number of rotatable bonds is 5. The van der Waals surface area contributed by atoms with Gasteiger partial charge in [-0.25, -0.2) is 4.98 Å². The maximum Gasteiger partial charge on any atom is 0.293 e. The maximum atomic E-state index is 12.3. The van der Waals surface area contributed by atoms with Crippen molar-refractivity contribution in [1.82, 2.24) is 9.55 Å². The summed E-state index contributed by atoms with van der Waals surface area (Å²) in [7, 11) is 1.69. The van der Waals surface area contributed by atoms with Gasteiger partial charge < -0.3 is 14.8 Å². The van der Waals surface area contributed by atoms with Gasteiger partial charge in [0.2, 0.25) is 5.91 Å². The molecule has 6 heteroatoms. The van der Waals surface area contributed by atoms with Crippen LogP contribution in [-0.2, 0) is 11.3 Å². The first kappa shape index (κ1) is 16.7. The van der Waals surface area contributed by atoms with E-state index in [0.29, 0.717) is 6.54 Å². The predicted molar refractivity (Wildman–Crippen MR) is 92.0 cm³/mol. The summed E-state index contributed by atoms with van der Waals surface area (Å²) in [5.41, 5.74) is 2.63. The van der Waals surface area contributed by atoms with Crippen LogP contribution in [0, 0.1) is 13.8 Å². The molecule has 0 atom stereocenters. The van der Waals surface area contributed by atoms with E-state index in [1.54, 1.807) is 28.9 Å². The van der Waals surface area contributed by atoms with E-state index in [0.717, 1.165) is 16.8 Å². The molecule has 0 saturated heterocycles. The molecule has 0 aliphatic heterocycles. The smallest absolute Gasteiger partial charge is 0.293 e. The Morgan fingerprint density at radius 1 is 1.30 bits per heavy atom. The minimum atomic E-state index is -0.197. The van der Waals surface area contributed by atoms with Crippen molar-refractivity contribution in [3.05, 3.63) is 52.1 Å². The van der Waals surface area contributed by atoms with Gasteiger partial charge in [0.05, 0.1) is 6.54 Å². The van der Waals surface area contributed by atoms with E-state index < -0.39 is 0 Å². The highest BCUT2D eigenvalue weighted by Crippen LogP contribution is 2.19. The molecule has 0 aliphatic carbocycles. The standard InChI is InChI=1S/C17H22N4O2/c1-5-21-10-9-18-16(17(21)23)20(4)11-14(22)19-15-12(2)7-6-8-13(15)3/h6-10H,5,11H2,1-4H3,(H,19,22). The minimum absolute atomic E-state index is 0.0593. The van der Waals surface area contributed by atoms with Crippen molar-refractivity contribution in [3.8, 4) is 0 Å². The van der Waals surface area contributed by atoms with E-state index in [4.69, 9.17) is 0 Å². The lowest BCUT2D eigenvalue weighted by atomic mass is 10.1. The molecule has 6 nitrogen and oxygen atoms in total. The predicted octanol–water partition coefficient (Wildman–Crippen LogP) is 1.95. The van der Waals surface area contributed by atoms with Gasteiger partial charge in [-0.1, -0.05) is 18.2 Å². The summed E-state index contributed by atoms with van der Waals surface area (Å²) < 4.78 is 1.56. The number of anilines is 2. The Kier molecular flexibility index (Phi) is 5.16. The highest BCUT2D eigenvalue weighted by Gasteiger charge is 2.14. The first-order valence-corrected chi connectivity index (χ1v) is 7.56. The lowest BCUT2D eigenvalue weighted by Gasteiger charge is -2.18. The second-order valence-electron chi connectivity index (χ2n) is 5.51. The number of hydrogen-bond donors (Lipinski definition) is 1. The molecule has 2 aromatic rings. The van der Waals surface area contributed by atoms with Gasteiger partial charge in [0, 0.05) is 31.7 Å². The Bertz CT molecular complexity index is 747. The van der Waals surface area contributed by atoms with Crippen LogP contribution in [0.15, 0.2) is 35.4 Å². The van der Waals surface area contributed by atoms with Crippen LogP contribution in [0.3, 0.4) is 0 Å². The molecule has 0 aliphatic rings. The third-order valence-electron chi connectivity index (χ3n) is 3.72. The number of aryl methyl sites for hydroxylation is 3. The molecule has 1 aromatic carbocycles. The van der Waals surface area contributed by atoms with Crippen LogP contribution < -0.4 is 15.8 Å². The summed E-state index contributed by atoms with van der Waals surface area (Å²) in [4.78, 5) is 30.2. The summed E-state index contributed by atoms with van der Waals surface area (Å²) in [6, 6.07) is 5.85. The molecular weight excluding hydrogens is 292 g/mol. The van der Waals surface area contributed by atoms with Gasteiger partial charge in [0.25, 0.3) is 5.56 Å². The molecular formula is C17H22N4O2. The van der Waals surface area contributed by atoms with E-state index in [1.165, 1.54) is 0 Å². The van der Waals surface area contributed by atoms with Crippen LogP contribution in [0.4, 0.5) is 11.5 Å². The van der Waals surface area contributed by atoms with Crippen molar-refractivity contribution < 1.29 is 4.79 Å². The molecule has 122 valence electrons. The number of nitrogens with one attached hydrogen (secondary N) is 1.